The molecule has 25 heavy (non-hydrogen) atoms. The monoisotopic (exact) mass is 366 g/mol. The van der Waals surface area contributed by atoms with Gasteiger partial charge < -0.3 is 50.0 Å². The van der Waals surface area contributed by atoms with Gasteiger partial charge in [-0.2, -0.15) is 0 Å². The van der Waals surface area contributed by atoms with Crippen LogP contribution < -0.4 is 0 Å². The maximum atomic E-state index is 10.8. The number of hydrogen-bond donors (Lipinski definition) is 7. The van der Waals surface area contributed by atoms with Gasteiger partial charge in [0.2, 0.25) is 0 Å². The van der Waals surface area contributed by atoms with Crippen molar-refractivity contribution in [1.29, 1.82) is 0 Å². The third-order valence-corrected chi connectivity index (χ3v) is 5.57. The molecule has 1 saturated carbocycles. The Bertz CT molecular complexity index is 485. The van der Waals surface area contributed by atoms with Crippen molar-refractivity contribution in [1.82, 2.24) is 0 Å². The van der Waals surface area contributed by atoms with E-state index in [0.29, 0.717) is 0 Å². The van der Waals surface area contributed by atoms with Gasteiger partial charge in [0.15, 0.2) is 12.6 Å². The fraction of sp³-hybridized carbons (Fsp3) is 1.00. The molecule has 0 radical (unpaired) electrons. The zero-order chi connectivity index (χ0) is 18.6. The SMILES string of the molecule is C[C@]1(O)C[C@@H](O)[C@]2(O)CCO[C@@H](O[C@@H]3O[C@H](CO)[C@@H](O)[C@H](O)[C@H]3O)[C@@H]21. The van der Waals surface area contributed by atoms with Crippen LogP contribution >= 0.6 is 0 Å². The Morgan fingerprint density at radius 1 is 1.04 bits per heavy atom. The Balaban J connectivity index is 1.79. The van der Waals surface area contributed by atoms with Crippen LogP contribution in [0.4, 0.5) is 0 Å². The van der Waals surface area contributed by atoms with Crippen LogP contribution in [0.25, 0.3) is 0 Å². The smallest absolute Gasteiger partial charge is 0.189 e. The van der Waals surface area contributed by atoms with Crippen molar-refractivity contribution in [3.63, 3.8) is 0 Å². The van der Waals surface area contributed by atoms with Crippen molar-refractivity contribution in [2.75, 3.05) is 13.2 Å². The summed E-state index contributed by atoms with van der Waals surface area (Å²) in [5, 5.41) is 70.4. The molecule has 3 rings (SSSR count). The van der Waals surface area contributed by atoms with Gasteiger partial charge in [0.25, 0.3) is 0 Å². The summed E-state index contributed by atoms with van der Waals surface area (Å²) in [6, 6.07) is 0. The Hall–Kier alpha value is -0.400. The molecule has 0 aromatic rings. The first-order valence-corrected chi connectivity index (χ1v) is 8.32. The third kappa shape index (κ3) is 3.10. The van der Waals surface area contributed by atoms with Crippen LogP contribution in [0.15, 0.2) is 0 Å². The van der Waals surface area contributed by atoms with E-state index in [1.165, 1.54) is 6.92 Å². The predicted molar refractivity (Wildman–Crippen MR) is 78.9 cm³/mol. The molecule has 0 amide bonds. The summed E-state index contributed by atoms with van der Waals surface area (Å²) in [6.45, 7) is 0.875. The molecule has 7 N–H and O–H groups in total. The number of ether oxygens (including phenoxy) is 3. The van der Waals surface area contributed by atoms with Gasteiger partial charge in [-0.3, -0.25) is 0 Å². The summed E-state index contributed by atoms with van der Waals surface area (Å²) in [6.07, 6.45) is -9.77. The number of aliphatic hydroxyl groups is 7. The molecule has 2 heterocycles. The number of rotatable bonds is 3. The fourth-order valence-corrected chi connectivity index (χ4v) is 4.16. The van der Waals surface area contributed by atoms with Crippen LogP contribution in [0.1, 0.15) is 19.8 Å². The van der Waals surface area contributed by atoms with E-state index >= 15 is 0 Å². The van der Waals surface area contributed by atoms with Crippen LogP contribution in [0.5, 0.6) is 0 Å². The summed E-state index contributed by atoms with van der Waals surface area (Å²) in [5.41, 5.74) is -3.12. The molecule has 10 nitrogen and oxygen atoms in total. The highest BCUT2D eigenvalue weighted by molar-refractivity contribution is 5.12. The maximum absolute atomic E-state index is 10.8. The second-order valence-electron chi connectivity index (χ2n) is 7.37. The standard InChI is InChI=1S/C15H26O10/c1-14(21)4-7(17)15(22)2-3-23-13(11(14)15)25-12-10(20)9(19)8(18)6(5-16)24-12/h6-13,16-22H,2-5H2,1H3/t6-,7-,8-,9+,10-,11-,12+,13+,14+,15-/m1/s1. The average Bonchev–Trinajstić information content (AvgIpc) is 2.73. The molecule has 0 spiro atoms. The van der Waals surface area contributed by atoms with Crippen LogP contribution in [0, 0.1) is 5.92 Å². The fourth-order valence-electron chi connectivity index (χ4n) is 4.16. The highest BCUT2D eigenvalue weighted by atomic mass is 16.8. The molecule has 10 atom stereocenters. The zero-order valence-corrected chi connectivity index (χ0v) is 13.8. The van der Waals surface area contributed by atoms with Gasteiger partial charge in [0.05, 0.1) is 30.8 Å². The van der Waals surface area contributed by atoms with Gasteiger partial charge in [-0.15, -0.1) is 0 Å². The Kier molecular flexibility index (Phi) is 5.14. The lowest BCUT2D eigenvalue weighted by Gasteiger charge is -2.47. The lowest BCUT2D eigenvalue weighted by atomic mass is 9.79. The first kappa shape index (κ1) is 19.4. The van der Waals surface area contributed by atoms with E-state index in [0.717, 1.165) is 0 Å². The minimum atomic E-state index is -1.63. The summed E-state index contributed by atoms with van der Waals surface area (Å²) in [7, 11) is 0. The lowest BCUT2D eigenvalue weighted by molar-refractivity contribution is -0.367. The van der Waals surface area contributed by atoms with Gasteiger partial charge in [-0.05, 0) is 6.92 Å². The first-order valence-electron chi connectivity index (χ1n) is 8.32. The van der Waals surface area contributed by atoms with E-state index in [9.17, 15) is 35.7 Å². The molecule has 10 heteroatoms. The van der Waals surface area contributed by atoms with Gasteiger partial charge in [-0.1, -0.05) is 0 Å². The Morgan fingerprint density at radius 2 is 1.72 bits per heavy atom. The van der Waals surface area contributed by atoms with Crippen LogP contribution in [0.2, 0.25) is 0 Å². The molecule has 1 aliphatic carbocycles. The van der Waals surface area contributed by atoms with Gasteiger partial charge in [-0.25, -0.2) is 0 Å². The minimum absolute atomic E-state index is 0.0439. The van der Waals surface area contributed by atoms with Crippen molar-refractivity contribution in [3.8, 4) is 0 Å². The zero-order valence-electron chi connectivity index (χ0n) is 13.8. The molecular weight excluding hydrogens is 340 g/mol. The highest BCUT2D eigenvalue weighted by Gasteiger charge is 2.64. The summed E-state index contributed by atoms with van der Waals surface area (Å²) >= 11 is 0. The van der Waals surface area contributed by atoms with Crippen LogP contribution in [-0.2, 0) is 14.2 Å². The molecule has 0 aromatic carbocycles. The van der Waals surface area contributed by atoms with Crippen molar-refractivity contribution in [2.45, 2.75) is 74.1 Å². The third-order valence-electron chi connectivity index (χ3n) is 5.57. The van der Waals surface area contributed by atoms with Crippen molar-refractivity contribution in [3.05, 3.63) is 0 Å². The van der Waals surface area contributed by atoms with E-state index in [1.54, 1.807) is 0 Å². The summed E-state index contributed by atoms with van der Waals surface area (Å²) in [4.78, 5) is 0. The Labute approximate surface area is 144 Å². The van der Waals surface area contributed by atoms with E-state index in [1.807, 2.05) is 0 Å². The minimum Gasteiger partial charge on any atom is -0.394 e. The average molecular weight is 366 g/mol. The molecule has 0 aromatic heterocycles. The molecule has 0 unspecified atom stereocenters. The molecule has 2 saturated heterocycles. The quantitative estimate of drug-likeness (QED) is 0.265. The van der Waals surface area contributed by atoms with Crippen LogP contribution in [-0.4, -0.2) is 103 Å². The second-order valence-corrected chi connectivity index (χ2v) is 7.37. The summed E-state index contributed by atoms with van der Waals surface area (Å²) < 4.78 is 16.3. The molecule has 3 fully saturated rings. The van der Waals surface area contributed by atoms with E-state index in [2.05, 4.69) is 0 Å². The topological polar surface area (TPSA) is 169 Å². The van der Waals surface area contributed by atoms with E-state index in [4.69, 9.17) is 14.2 Å². The van der Waals surface area contributed by atoms with Gasteiger partial charge in [0, 0.05) is 12.8 Å². The second kappa shape index (κ2) is 6.64. The normalized spacial score (nSPS) is 56.6. The molecule has 2 aliphatic heterocycles. The molecule has 0 bridgehead atoms. The van der Waals surface area contributed by atoms with Crippen molar-refractivity contribution >= 4 is 0 Å². The number of aliphatic hydroxyl groups excluding tert-OH is 5. The van der Waals surface area contributed by atoms with Crippen LogP contribution in [0.3, 0.4) is 0 Å². The van der Waals surface area contributed by atoms with Crippen molar-refractivity contribution < 1.29 is 50.0 Å². The maximum Gasteiger partial charge on any atom is 0.189 e. The highest BCUT2D eigenvalue weighted by Crippen LogP contribution is 2.50. The predicted octanol–water partition coefficient (Wildman–Crippen LogP) is -3.59. The lowest BCUT2D eigenvalue weighted by Crippen LogP contribution is -2.63. The van der Waals surface area contributed by atoms with E-state index < -0.39 is 66.8 Å². The van der Waals surface area contributed by atoms with E-state index in [-0.39, 0.29) is 19.4 Å². The van der Waals surface area contributed by atoms with Crippen molar-refractivity contribution in [2.24, 2.45) is 5.92 Å². The molecule has 146 valence electrons. The Morgan fingerprint density at radius 3 is 2.36 bits per heavy atom. The summed E-state index contributed by atoms with van der Waals surface area (Å²) in [5.74, 6) is -1.02. The molecular formula is C15H26O10. The van der Waals surface area contributed by atoms with Gasteiger partial charge in [0.1, 0.15) is 30.0 Å². The largest absolute Gasteiger partial charge is 0.394 e. The number of hydrogen-bond acceptors (Lipinski definition) is 10. The first-order chi connectivity index (χ1) is 11.6. The molecule has 3 aliphatic rings. The van der Waals surface area contributed by atoms with Gasteiger partial charge >= 0.3 is 0 Å². The number of fused-ring (bicyclic) bond motifs is 1.